The minimum absolute atomic E-state index is 0.143. The summed E-state index contributed by atoms with van der Waals surface area (Å²) < 4.78 is 0. The third kappa shape index (κ3) is 4.36. The Balaban J connectivity index is 2.88. The zero-order chi connectivity index (χ0) is 15.0. The number of benzene rings is 1. The van der Waals surface area contributed by atoms with Gasteiger partial charge in [-0.25, -0.2) is 0 Å². The quantitative estimate of drug-likeness (QED) is 0.713. The van der Waals surface area contributed by atoms with E-state index in [2.05, 4.69) is 51.2 Å². The molecule has 0 radical (unpaired) electrons. The second-order valence-corrected chi connectivity index (χ2v) is 5.40. The largest absolute Gasteiger partial charge is 0.325 e. The summed E-state index contributed by atoms with van der Waals surface area (Å²) in [5.41, 5.74) is 3.53. The fourth-order valence-corrected chi connectivity index (χ4v) is 2.60. The van der Waals surface area contributed by atoms with Crippen LogP contribution in [0.15, 0.2) is 18.2 Å². The molecule has 1 unspecified atom stereocenters. The Hall–Kier alpha value is -1.31. The molecule has 1 atom stereocenters. The first-order valence-corrected chi connectivity index (χ1v) is 8.09. The van der Waals surface area contributed by atoms with E-state index in [-0.39, 0.29) is 11.8 Å². The van der Waals surface area contributed by atoms with Gasteiger partial charge in [0.05, 0.1) is 0 Å². The van der Waals surface area contributed by atoms with Gasteiger partial charge in [0, 0.05) is 11.6 Å². The Morgan fingerprint density at radius 1 is 1.10 bits per heavy atom. The predicted octanol–water partition coefficient (Wildman–Crippen LogP) is 4.97. The highest BCUT2D eigenvalue weighted by atomic mass is 16.1. The van der Waals surface area contributed by atoms with Gasteiger partial charge >= 0.3 is 0 Å². The fourth-order valence-electron chi connectivity index (χ4n) is 2.60. The Morgan fingerprint density at radius 3 is 2.15 bits per heavy atom. The summed E-state index contributed by atoms with van der Waals surface area (Å²) >= 11 is 0. The van der Waals surface area contributed by atoms with E-state index in [4.69, 9.17) is 0 Å². The first kappa shape index (κ1) is 16.7. The van der Waals surface area contributed by atoms with Crippen molar-refractivity contribution in [3.8, 4) is 0 Å². The number of hydrogen-bond acceptors (Lipinski definition) is 1. The molecule has 1 N–H and O–H groups in total. The lowest BCUT2D eigenvalue weighted by atomic mass is 9.97. The number of aryl methyl sites for hydroxylation is 2. The normalized spacial score (nSPS) is 12.2. The average molecular weight is 275 g/mol. The molecule has 0 fully saturated rings. The number of anilines is 1. The standard InChI is InChI=1S/C18H29NO/c1-5-9-11-16(8-4)18(20)19-17-14(6-2)12-10-13-15(17)7-3/h10,12-13,16H,5-9,11H2,1-4H3,(H,19,20). The Morgan fingerprint density at radius 2 is 1.70 bits per heavy atom. The van der Waals surface area contributed by atoms with Crippen LogP contribution in [0.25, 0.3) is 0 Å². The molecule has 0 bridgehead atoms. The van der Waals surface area contributed by atoms with Gasteiger partial charge in [0.15, 0.2) is 0 Å². The second kappa shape index (κ2) is 8.78. The fraction of sp³-hybridized carbons (Fsp3) is 0.611. The highest BCUT2D eigenvalue weighted by molar-refractivity contribution is 5.94. The second-order valence-electron chi connectivity index (χ2n) is 5.40. The first-order chi connectivity index (χ1) is 9.67. The minimum Gasteiger partial charge on any atom is -0.325 e. The van der Waals surface area contributed by atoms with Gasteiger partial charge in [-0.15, -0.1) is 0 Å². The number of hydrogen-bond donors (Lipinski definition) is 1. The lowest BCUT2D eigenvalue weighted by Crippen LogP contribution is -2.23. The molecule has 2 heteroatoms. The van der Waals surface area contributed by atoms with Gasteiger partial charge in [-0.05, 0) is 36.8 Å². The van der Waals surface area contributed by atoms with Crippen molar-refractivity contribution in [1.29, 1.82) is 0 Å². The van der Waals surface area contributed by atoms with Crippen molar-refractivity contribution in [3.05, 3.63) is 29.3 Å². The molecule has 0 aromatic heterocycles. The number of nitrogens with one attached hydrogen (secondary N) is 1. The van der Waals surface area contributed by atoms with Crippen molar-refractivity contribution in [2.24, 2.45) is 5.92 Å². The maximum Gasteiger partial charge on any atom is 0.227 e. The summed E-state index contributed by atoms with van der Waals surface area (Å²) in [7, 11) is 0. The van der Waals surface area contributed by atoms with Crippen LogP contribution in [0.4, 0.5) is 5.69 Å². The van der Waals surface area contributed by atoms with E-state index >= 15 is 0 Å². The summed E-state index contributed by atoms with van der Waals surface area (Å²) in [4.78, 5) is 12.5. The van der Waals surface area contributed by atoms with Crippen LogP contribution in [0.1, 0.15) is 64.5 Å². The summed E-state index contributed by atoms with van der Waals surface area (Å²) in [5, 5.41) is 3.20. The summed E-state index contributed by atoms with van der Waals surface area (Å²) in [6.07, 6.45) is 6.10. The van der Waals surface area contributed by atoms with Crippen molar-refractivity contribution in [2.45, 2.75) is 66.2 Å². The number of rotatable bonds is 8. The molecule has 20 heavy (non-hydrogen) atoms. The average Bonchev–Trinajstić information content (AvgIpc) is 2.48. The van der Waals surface area contributed by atoms with Crippen LogP contribution in [-0.2, 0) is 17.6 Å². The van der Waals surface area contributed by atoms with Crippen molar-refractivity contribution < 1.29 is 4.79 Å². The van der Waals surface area contributed by atoms with Gasteiger partial charge in [0.1, 0.15) is 0 Å². The monoisotopic (exact) mass is 275 g/mol. The third-order valence-corrected chi connectivity index (χ3v) is 4.02. The molecular formula is C18H29NO. The zero-order valence-corrected chi connectivity index (χ0v) is 13.5. The molecule has 1 amide bonds. The Bertz CT molecular complexity index is 403. The lowest BCUT2D eigenvalue weighted by molar-refractivity contribution is -0.120. The van der Waals surface area contributed by atoms with E-state index in [1.807, 2.05) is 0 Å². The Kier molecular flexibility index (Phi) is 7.35. The number of unbranched alkanes of at least 4 members (excludes halogenated alkanes) is 1. The summed E-state index contributed by atoms with van der Waals surface area (Å²) in [5.74, 6) is 0.334. The molecule has 0 heterocycles. The molecule has 1 rings (SSSR count). The highest BCUT2D eigenvalue weighted by Gasteiger charge is 2.18. The number of carbonyl (C=O) groups excluding carboxylic acids is 1. The number of amides is 1. The van der Waals surface area contributed by atoms with Crippen LogP contribution in [0.5, 0.6) is 0 Å². The molecule has 0 aliphatic rings. The van der Waals surface area contributed by atoms with Gasteiger partial charge < -0.3 is 5.32 Å². The maximum atomic E-state index is 12.5. The summed E-state index contributed by atoms with van der Waals surface area (Å²) in [6, 6.07) is 6.31. The van der Waals surface area contributed by atoms with Crippen molar-refractivity contribution >= 4 is 11.6 Å². The minimum atomic E-state index is 0.143. The third-order valence-electron chi connectivity index (χ3n) is 4.02. The van der Waals surface area contributed by atoms with Gasteiger partial charge in [-0.1, -0.05) is 58.7 Å². The molecule has 0 saturated carbocycles. The summed E-state index contributed by atoms with van der Waals surface area (Å²) in [6.45, 7) is 8.55. The van der Waals surface area contributed by atoms with Crippen LogP contribution in [0, 0.1) is 5.92 Å². The van der Waals surface area contributed by atoms with Crippen molar-refractivity contribution in [1.82, 2.24) is 0 Å². The molecular weight excluding hydrogens is 246 g/mol. The van der Waals surface area contributed by atoms with Crippen LogP contribution >= 0.6 is 0 Å². The Labute approximate surface area is 124 Å². The van der Waals surface area contributed by atoms with Gasteiger partial charge in [0.2, 0.25) is 5.91 Å². The molecule has 0 aliphatic carbocycles. The zero-order valence-electron chi connectivity index (χ0n) is 13.5. The van der Waals surface area contributed by atoms with E-state index in [0.717, 1.165) is 44.2 Å². The molecule has 2 nitrogen and oxygen atoms in total. The topological polar surface area (TPSA) is 29.1 Å². The van der Waals surface area contributed by atoms with Gasteiger partial charge in [-0.2, -0.15) is 0 Å². The maximum absolute atomic E-state index is 12.5. The van der Waals surface area contributed by atoms with E-state index in [1.165, 1.54) is 11.1 Å². The van der Waals surface area contributed by atoms with Crippen molar-refractivity contribution in [3.63, 3.8) is 0 Å². The molecule has 0 saturated heterocycles. The van der Waals surface area contributed by atoms with Crippen molar-refractivity contribution in [2.75, 3.05) is 5.32 Å². The van der Waals surface area contributed by atoms with Crippen LogP contribution in [-0.4, -0.2) is 5.91 Å². The van der Waals surface area contributed by atoms with E-state index in [9.17, 15) is 4.79 Å². The molecule has 112 valence electrons. The first-order valence-electron chi connectivity index (χ1n) is 8.09. The SMILES string of the molecule is CCCCC(CC)C(=O)Nc1c(CC)cccc1CC. The predicted molar refractivity (Wildman–Crippen MR) is 87.1 cm³/mol. The molecule has 0 aliphatic heterocycles. The van der Waals surface area contributed by atoms with Gasteiger partial charge in [0.25, 0.3) is 0 Å². The molecule has 0 spiro atoms. The highest BCUT2D eigenvalue weighted by Crippen LogP contribution is 2.24. The molecule has 1 aromatic carbocycles. The number of carbonyl (C=O) groups is 1. The molecule has 1 aromatic rings. The van der Waals surface area contributed by atoms with E-state index in [0.29, 0.717) is 0 Å². The van der Waals surface area contributed by atoms with E-state index in [1.54, 1.807) is 0 Å². The number of para-hydroxylation sites is 1. The smallest absolute Gasteiger partial charge is 0.227 e. The lowest BCUT2D eigenvalue weighted by Gasteiger charge is -2.18. The van der Waals surface area contributed by atoms with Crippen LogP contribution < -0.4 is 5.32 Å². The van der Waals surface area contributed by atoms with Crippen LogP contribution in [0.2, 0.25) is 0 Å². The van der Waals surface area contributed by atoms with E-state index < -0.39 is 0 Å². The van der Waals surface area contributed by atoms with Crippen LogP contribution in [0.3, 0.4) is 0 Å². The van der Waals surface area contributed by atoms with Gasteiger partial charge in [-0.3, -0.25) is 4.79 Å².